The fraction of sp³-hybridized carbons (Fsp3) is 0.364. The Bertz CT molecular complexity index is 381. The predicted octanol–water partition coefficient (Wildman–Crippen LogP) is 2.90. The lowest BCUT2D eigenvalue weighted by Crippen LogP contribution is -2.03. The molecule has 1 unspecified atom stereocenters. The largest absolute Gasteiger partial charge is 0.478 e. The number of benzene rings is 1. The summed E-state index contributed by atoms with van der Waals surface area (Å²) >= 11 is 7.24. The number of rotatable bonds is 5. The number of carboxylic acids is 1. The lowest BCUT2D eigenvalue weighted by Gasteiger charge is -2.11. The van der Waals surface area contributed by atoms with Crippen molar-refractivity contribution in [2.45, 2.75) is 23.5 Å². The minimum atomic E-state index is -0.963. The summed E-state index contributed by atoms with van der Waals surface area (Å²) in [5.74, 6) is -0.963. The highest BCUT2D eigenvalue weighted by molar-refractivity contribution is 8.00. The number of halogens is 1. The van der Waals surface area contributed by atoms with Crippen LogP contribution in [0.5, 0.6) is 0 Å². The SMILES string of the molecule is CC(CCO)Sc1cc(Cl)ccc1C(=O)O. The third-order valence-electron chi connectivity index (χ3n) is 2.04. The van der Waals surface area contributed by atoms with Crippen LogP contribution in [0.1, 0.15) is 23.7 Å². The van der Waals surface area contributed by atoms with Crippen molar-refractivity contribution < 1.29 is 15.0 Å². The zero-order valence-corrected chi connectivity index (χ0v) is 10.4. The standard InChI is InChI=1S/C11H13ClO3S/c1-7(4-5-13)16-10-6-8(12)2-3-9(10)11(14)15/h2-3,6-7,13H,4-5H2,1H3,(H,14,15). The highest BCUT2D eigenvalue weighted by Crippen LogP contribution is 2.30. The number of carbonyl (C=O) groups is 1. The number of hydrogen-bond acceptors (Lipinski definition) is 3. The number of hydrogen-bond donors (Lipinski definition) is 2. The van der Waals surface area contributed by atoms with Gasteiger partial charge in [0.2, 0.25) is 0 Å². The lowest BCUT2D eigenvalue weighted by molar-refractivity contribution is 0.0693. The molecule has 0 saturated carbocycles. The van der Waals surface area contributed by atoms with Crippen molar-refractivity contribution >= 4 is 29.3 Å². The molecule has 0 heterocycles. The molecule has 1 aromatic carbocycles. The van der Waals surface area contributed by atoms with Crippen LogP contribution < -0.4 is 0 Å². The summed E-state index contributed by atoms with van der Waals surface area (Å²) in [5, 5.41) is 18.5. The van der Waals surface area contributed by atoms with Crippen LogP contribution in [0.3, 0.4) is 0 Å². The van der Waals surface area contributed by atoms with Crippen molar-refractivity contribution in [3.05, 3.63) is 28.8 Å². The first kappa shape index (κ1) is 13.4. The van der Waals surface area contributed by atoms with Crippen molar-refractivity contribution in [3.8, 4) is 0 Å². The normalized spacial score (nSPS) is 12.4. The first-order valence-electron chi connectivity index (χ1n) is 4.85. The minimum Gasteiger partial charge on any atom is -0.478 e. The second-order valence-corrected chi connectivity index (χ2v) is 5.30. The Morgan fingerprint density at radius 2 is 2.25 bits per heavy atom. The quantitative estimate of drug-likeness (QED) is 0.800. The predicted molar refractivity (Wildman–Crippen MR) is 65.4 cm³/mol. The van der Waals surface area contributed by atoms with E-state index in [1.54, 1.807) is 12.1 Å². The average molecular weight is 261 g/mol. The highest BCUT2D eigenvalue weighted by atomic mass is 35.5. The van der Waals surface area contributed by atoms with Crippen molar-refractivity contribution in [1.29, 1.82) is 0 Å². The maximum atomic E-state index is 11.0. The van der Waals surface area contributed by atoms with Crippen molar-refractivity contribution in [3.63, 3.8) is 0 Å². The number of aliphatic hydroxyl groups is 1. The maximum absolute atomic E-state index is 11.0. The fourth-order valence-electron chi connectivity index (χ4n) is 1.23. The van der Waals surface area contributed by atoms with E-state index in [1.165, 1.54) is 17.8 Å². The van der Waals surface area contributed by atoms with Gasteiger partial charge >= 0.3 is 5.97 Å². The lowest BCUT2D eigenvalue weighted by atomic mass is 10.2. The molecule has 5 heteroatoms. The van der Waals surface area contributed by atoms with E-state index >= 15 is 0 Å². The Kier molecular flexibility index (Phi) is 5.12. The molecule has 1 aromatic rings. The van der Waals surface area contributed by atoms with Crippen LogP contribution in [0.15, 0.2) is 23.1 Å². The minimum absolute atomic E-state index is 0.0944. The van der Waals surface area contributed by atoms with E-state index in [9.17, 15) is 4.79 Å². The Morgan fingerprint density at radius 3 is 2.81 bits per heavy atom. The molecular formula is C11H13ClO3S. The summed E-state index contributed by atoms with van der Waals surface area (Å²) < 4.78 is 0. The van der Waals surface area contributed by atoms with E-state index in [1.807, 2.05) is 6.92 Å². The first-order chi connectivity index (χ1) is 7.54. The molecule has 0 aromatic heterocycles. The number of thioether (sulfide) groups is 1. The average Bonchev–Trinajstić information content (AvgIpc) is 2.17. The summed E-state index contributed by atoms with van der Waals surface area (Å²) in [6, 6.07) is 4.70. The molecule has 3 nitrogen and oxygen atoms in total. The molecule has 0 amide bonds. The van der Waals surface area contributed by atoms with E-state index in [0.717, 1.165) is 0 Å². The topological polar surface area (TPSA) is 57.5 Å². The zero-order valence-electron chi connectivity index (χ0n) is 8.81. The van der Waals surface area contributed by atoms with Gasteiger partial charge in [-0.05, 0) is 24.6 Å². The highest BCUT2D eigenvalue weighted by Gasteiger charge is 2.13. The monoisotopic (exact) mass is 260 g/mol. The van der Waals surface area contributed by atoms with Gasteiger partial charge in [0, 0.05) is 21.8 Å². The van der Waals surface area contributed by atoms with Crippen molar-refractivity contribution in [2.75, 3.05) is 6.61 Å². The van der Waals surface area contributed by atoms with Gasteiger partial charge in [-0.3, -0.25) is 0 Å². The molecule has 0 aliphatic carbocycles. The van der Waals surface area contributed by atoms with Crippen LogP contribution in [-0.2, 0) is 0 Å². The van der Waals surface area contributed by atoms with Crippen molar-refractivity contribution in [2.24, 2.45) is 0 Å². The van der Waals surface area contributed by atoms with Gasteiger partial charge in [-0.25, -0.2) is 4.79 Å². The molecule has 88 valence electrons. The molecule has 0 spiro atoms. The van der Waals surface area contributed by atoms with Crippen LogP contribution in [0.4, 0.5) is 0 Å². The van der Waals surface area contributed by atoms with Gasteiger partial charge in [0.15, 0.2) is 0 Å². The van der Waals surface area contributed by atoms with E-state index in [2.05, 4.69) is 0 Å². The van der Waals surface area contributed by atoms with Gasteiger partial charge in [-0.1, -0.05) is 18.5 Å². The van der Waals surface area contributed by atoms with Crippen LogP contribution >= 0.6 is 23.4 Å². The molecule has 0 radical (unpaired) electrons. The van der Waals surface area contributed by atoms with Gasteiger partial charge in [-0.2, -0.15) is 0 Å². The Hall–Kier alpha value is -0.710. The van der Waals surface area contributed by atoms with Gasteiger partial charge in [0.25, 0.3) is 0 Å². The van der Waals surface area contributed by atoms with E-state index in [0.29, 0.717) is 16.3 Å². The summed E-state index contributed by atoms with van der Waals surface area (Å²) in [4.78, 5) is 11.6. The third-order valence-corrected chi connectivity index (χ3v) is 3.50. The smallest absolute Gasteiger partial charge is 0.336 e. The molecule has 1 atom stereocenters. The molecule has 0 aliphatic rings. The van der Waals surface area contributed by atoms with Crippen LogP contribution in [-0.4, -0.2) is 28.0 Å². The summed E-state index contributed by atoms with van der Waals surface area (Å²) in [6.45, 7) is 2.03. The van der Waals surface area contributed by atoms with Crippen LogP contribution in [0.2, 0.25) is 5.02 Å². The Labute approximate surface area is 103 Å². The zero-order chi connectivity index (χ0) is 12.1. The number of carboxylic acid groups (broad SMARTS) is 1. The second kappa shape index (κ2) is 6.13. The number of aliphatic hydroxyl groups excluding tert-OH is 1. The van der Waals surface area contributed by atoms with E-state index in [-0.39, 0.29) is 17.4 Å². The van der Waals surface area contributed by atoms with Gasteiger partial charge in [-0.15, -0.1) is 11.8 Å². The van der Waals surface area contributed by atoms with E-state index in [4.69, 9.17) is 21.8 Å². The molecule has 2 N–H and O–H groups in total. The molecule has 0 aliphatic heterocycles. The summed E-state index contributed by atoms with van der Waals surface area (Å²) in [7, 11) is 0. The van der Waals surface area contributed by atoms with Gasteiger partial charge in [0.05, 0.1) is 5.56 Å². The Morgan fingerprint density at radius 1 is 1.56 bits per heavy atom. The Balaban J connectivity index is 2.92. The first-order valence-corrected chi connectivity index (χ1v) is 6.10. The third kappa shape index (κ3) is 3.70. The van der Waals surface area contributed by atoms with Crippen LogP contribution in [0.25, 0.3) is 0 Å². The van der Waals surface area contributed by atoms with Crippen molar-refractivity contribution in [1.82, 2.24) is 0 Å². The van der Waals surface area contributed by atoms with Crippen LogP contribution in [0, 0.1) is 0 Å². The molecule has 1 rings (SSSR count). The summed E-state index contributed by atoms with van der Waals surface area (Å²) in [5.41, 5.74) is 0.249. The van der Waals surface area contributed by atoms with Gasteiger partial charge < -0.3 is 10.2 Å². The molecule has 0 saturated heterocycles. The molecular weight excluding hydrogens is 248 g/mol. The molecule has 0 fully saturated rings. The molecule has 0 bridgehead atoms. The molecule has 16 heavy (non-hydrogen) atoms. The second-order valence-electron chi connectivity index (χ2n) is 3.39. The maximum Gasteiger partial charge on any atom is 0.336 e. The van der Waals surface area contributed by atoms with E-state index < -0.39 is 5.97 Å². The fourth-order valence-corrected chi connectivity index (χ4v) is 2.60. The summed E-state index contributed by atoms with van der Waals surface area (Å²) in [6.07, 6.45) is 0.621. The van der Waals surface area contributed by atoms with Gasteiger partial charge in [0.1, 0.15) is 0 Å². The number of aromatic carboxylic acids is 1.